The van der Waals surface area contributed by atoms with E-state index in [-0.39, 0.29) is 17.0 Å². The Balaban J connectivity index is 1.21. The molecule has 1 atom stereocenters. The van der Waals surface area contributed by atoms with Crippen LogP contribution in [0.15, 0.2) is 41.8 Å². The summed E-state index contributed by atoms with van der Waals surface area (Å²) in [5, 5.41) is 14.5. The number of hydrogen-bond acceptors (Lipinski definition) is 6. The molecule has 6 rings (SSSR count). The molecule has 2 bridgehead atoms. The second-order valence-corrected chi connectivity index (χ2v) is 8.17. The molecule has 4 aliphatic rings. The SMILES string of the molecule is N#Cc1ccc(OCC23CC(C(=O)N4N=CCC4c4ncccc4F)(C2)C3)nc1. The zero-order chi connectivity index (χ0) is 20.1. The lowest BCUT2D eigenvalue weighted by Gasteiger charge is -2.69. The quantitative estimate of drug-likeness (QED) is 0.781. The number of aromatic nitrogens is 2. The molecular weight excluding hydrogens is 373 g/mol. The minimum Gasteiger partial charge on any atom is -0.477 e. The molecule has 8 heteroatoms. The average Bonchev–Trinajstić information content (AvgIpc) is 3.16. The summed E-state index contributed by atoms with van der Waals surface area (Å²) in [4.78, 5) is 21.4. The lowest BCUT2D eigenvalue weighted by Crippen LogP contribution is -2.69. The Morgan fingerprint density at radius 2 is 2.14 bits per heavy atom. The van der Waals surface area contributed by atoms with Crippen LogP contribution in [0.3, 0.4) is 0 Å². The molecule has 29 heavy (non-hydrogen) atoms. The van der Waals surface area contributed by atoms with Crippen LogP contribution < -0.4 is 4.74 Å². The Kier molecular flexibility index (Phi) is 3.88. The monoisotopic (exact) mass is 391 g/mol. The molecular formula is C21H18FN5O2. The van der Waals surface area contributed by atoms with Crippen LogP contribution in [0.2, 0.25) is 0 Å². The molecule has 3 aliphatic carbocycles. The minimum absolute atomic E-state index is 0.0135. The fourth-order valence-electron chi connectivity index (χ4n) is 4.86. The Morgan fingerprint density at radius 1 is 1.31 bits per heavy atom. The van der Waals surface area contributed by atoms with E-state index in [0.717, 1.165) is 19.3 Å². The summed E-state index contributed by atoms with van der Waals surface area (Å²) in [5.74, 6) is 0.00166. The molecule has 0 saturated heterocycles. The zero-order valence-corrected chi connectivity index (χ0v) is 15.6. The summed E-state index contributed by atoms with van der Waals surface area (Å²) in [6, 6.07) is 7.77. The molecule has 0 spiro atoms. The van der Waals surface area contributed by atoms with E-state index in [2.05, 4.69) is 15.1 Å². The third-order valence-electron chi connectivity index (χ3n) is 6.13. The number of hydrogen-bond donors (Lipinski definition) is 0. The number of nitrogens with zero attached hydrogens (tertiary/aromatic N) is 5. The molecule has 2 aromatic heterocycles. The third kappa shape index (κ3) is 2.77. The lowest BCUT2D eigenvalue weighted by atomic mass is 9.35. The molecule has 1 amide bonds. The summed E-state index contributed by atoms with van der Waals surface area (Å²) in [6.45, 7) is 0.489. The highest BCUT2D eigenvalue weighted by molar-refractivity contribution is 5.88. The number of hydrazone groups is 1. The fourth-order valence-corrected chi connectivity index (χ4v) is 4.86. The summed E-state index contributed by atoms with van der Waals surface area (Å²) in [6.07, 6.45) is 7.33. The van der Waals surface area contributed by atoms with Crippen molar-refractivity contribution in [2.24, 2.45) is 15.9 Å². The molecule has 0 aromatic carbocycles. The van der Waals surface area contributed by atoms with Crippen LogP contribution in [0.4, 0.5) is 4.39 Å². The fraction of sp³-hybridized carbons (Fsp3) is 0.381. The van der Waals surface area contributed by atoms with E-state index in [1.54, 1.807) is 18.3 Å². The van der Waals surface area contributed by atoms with Crippen LogP contribution in [0.1, 0.15) is 43.0 Å². The first-order valence-electron chi connectivity index (χ1n) is 9.50. The first-order valence-corrected chi connectivity index (χ1v) is 9.50. The molecule has 1 aliphatic heterocycles. The van der Waals surface area contributed by atoms with Crippen LogP contribution in [-0.4, -0.2) is 33.7 Å². The van der Waals surface area contributed by atoms with Gasteiger partial charge < -0.3 is 4.74 Å². The topological polar surface area (TPSA) is 91.5 Å². The highest BCUT2D eigenvalue weighted by Crippen LogP contribution is 2.74. The van der Waals surface area contributed by atoms with Gasteiger partial charge in [0.25, 0.3) is 0 Å². The smallest absolute Gasteiger partial charge is 0.249 e. The van der Waals surface area contributed by atoms with Crippen LogP contribution >= 0.6 is 0 Å². The summed E-state index contributed by atoms with van der Waals surface area (Å²) >= 11 is 0. The van der Waals surface area contributed by atoms with Gasteiger partial charge in [0.2, 0.25) is 11.8 Å². The summed E-state index contributed by atoms with van der Waals surface area (Å²) in [7, 11) is 0. The van der Waals surface area contributed by atoms with Crippen molar-refractivity contribution < 1.29 is 13.9 Å². The largest absolute Gasteiger partial charge is 0.477 e. The van der Waals surface area contributed by atoms with E-state index in [1.807, 2.05) is 6.07 Å². The third-order valence-corrected chi connectivity index (χ3v) is 6.13. The minimum atomic E-state index is -0.479. The van der Waals surface area contributed by atoms with E-state index in [0.29, 0.717) is 24.5 Å². The maximum absolute atomic E-state index is 14.2. The molecule has 3 saturated carbocycles. The summed E-state index contributed by atoms with van der Waals surface area (Å²) < 4.78 is 19.9. The van der Waals surface area contributed by atoms with Gasteiger partial charge in [0.1, 0.15) is 23.6 Å². The molecule has 0 radical (unpaired) electrons. The van der Waals surface area contributed by atoms with Gasteiger partial charge >= 0.3 is 0 Å². The second kappa shape index (κ2) is 6.34. The van der Waals surface area contributed by atoms with Gasteiger partial charge in [-0.2, -0.15) is 10.4 Å². The van der Waals surface area contributed by atoms with Gasteiger partial charge in [-0.1, -0.05) is 0 Å². The molecule has 3 fully saturated rings. The predicted octanol–water partition coefficient (Wildman–Crippen LogP) is 3.00. The number of carbonyl (C=O) groups excluding carboxylic acids is 1. The van der Waals surface area contributed by atoms with Crippen molar-refractivity contribution in [1.82, 2.24) is 15.0 Å². The van der Waals surface area contributed by atoms with E-state index in [9.17, 15) is 9.18 Å². The predicted molar refractivity (Wildman–Crippen MR) is 100 cm³/mol. The first kappa shape index (κ1) is 17.7. The number of amides is 1. The first-order chi connectivity index (χ1) is 14.0. The molecule has 0 N–H and O–H groups in total. The number of rotatable bonds is 5. The van der Waals surface area contributed by atoms with Crippen molar-refractivity contribution in [3.63, 3.8) is 0 Å². The van der Waals surface area contributed by atoms with E-state index < -0.39 is 17.3 Å². The lowest BCUT2D eigenvalue weighted by molar-refractivity contribution is -0.227. The van der Waals surface area contributed by atoms with Crippen molar-refractivity contribution in [3.05, 3.63) is 53.7 Å². The van der Waals surface area contributed by atoms with Gasteiger partial charge in [-0.25, -0.2) is 14.4 Å². The molecule has 1 unspecified atom stereocenters. The maximum atomic E-state index is 14.2. The molecule has 7 nitrogen and oxygen atoms in total. The maximum Gasteiger partial charge on any atom is 0.249 e. The van der Waals surface area contributed by atoms with Gasteiger partial charge in [-0.15, -0.1) is 0 Å². The second-order valence-electron chi connectivity index (χ2n) is 8.17. The van der Waals surface area contributed by atoms with E-state index >= 15 is 0 Å². The average molecular weight is 391 g/mol. The Labute approximate surface area is 166 Å². The van der Waals surface area contributed by atoms with Crippen molar-refractivity contribution in [1.29, 1.82) is 5.26 Å². The number of carbonyl (C=O) groups is 1. The van der Waals surface area contributed by atoms with Crippen molar-refractivity contribution >= 4 is 12.1 Å². The van der Waals surface area contributed by atoms with Gasteiger partial charge in [0.05, 0.1) is 17.6 Å². The highest BCUT2D eigenvalue weighted by atomic mass is 19.1. The number of nitriles is 1. The van der Waals surface area contributed by atoms with E-state index in [4.69, 9.17) is 10.00 Å². The van der Waals surface area contributed by atoms with Crippen LogP contribution in [0, 0.1) is 28.0 Å². The van der Waals surface area contributed by atoms with Crippen molar-refractivity contribution in [2.45, 2.75) is 31.7 Å². The highest BCUT2D eigenvalue weighted by Gasteiger charge is 2.73. The Hall–Kier alpha value is -3.34. The van der Waals surface area contributed by atoms with Crippen LogP contribution in [-0.2, 0) is 4.79 Å². The standard InChI is InChI=1S/C21H18FN5O2/c22-15-2-1-6-24-18(15)16-5-7-26-27(16)19(28)21-10-20(11-21,12-21)13-29-17-4-3-14(8-23)9-25-17/h1-4,6-7,9,16H,5,10-13H2. The van der Waals surface area contributed by atoms with Crippen LogP contribution in [0.25, 0.3) is 0 Å². The van der Waals surface area contributed by atoms with Crippen molar-refractivity contribution in [3.8, 4) is 11.9 Å². The number of pyridine rings is 2. The molecule has 2 aromatic rings. The number of halogens is 1. The van der Waals surface area contributed by atoms with Gasteiger partial charge in [-0.05, 0) is 37.5 Å². The van der Waals surface area contributed by atoms with Gasteiger partial charge in [-0.3, -0.25) is 9.78 Å². The Bertz CT molecular complexity index is 1030. The normalized spacial score (nSPS) is 29.0. The Morgan fingerprint density at radius 3 is 2.83 bits per heavy atom. The van der Waals surface area contributed by atoms with E-state index in [1.165, 1.54) is 29.5 Å². The zero-order valence-electron chi connectivity index (χ0n) is 15.6. The summed E-state index contributed by atoms with van der Waals surface area (Å²) in [5.41, 5.74) is 0.305. The van der Waals surface area contributed by atoms with Gasteiger partial charge in [0.15, 0.2) is 0 Å². The molecule has 146 valence electrons. The van der Waals surface area contributed by atoms with Gasteiger partial charge in [0, 0.05) is 36.5 Å². The van der Waals surface area contributed by atoms with Crippen LogP contribution in [0.5, 0.6) is 5.88 Å². The van der Waals surface area contributed by atoms with Crippen molar-refractivity contribution in [2.75, 3.05) is 6.61 Å². The molecule has 3 heterocycles. The number of ether oxygens (including phenoxy) is 1.